The molecule has 1 saturated heterocycles. The molecule has 1 aromatic heterocycles. The summed E-state index contributed by atoms with van der Waals surface area (Å²) in [6.45, 7) is 2.42. The second kappa shape index (κ2) is 6.42. The van der Waals surface area contributed by atoms with Gasteiger partial charge in [-0.2, -0.15) is 0 Å². The minimum Gasteiger partial charge on any atom is -0.356 e. The minimum absolute atomic E-state index is 0.0266. The lowest BCUT2D eigenvalue weighted by molar-refractivity contribution is 0.0663. The highest BCUT2D eigenvalue weighted by Crippen LogP contribution is 2.18. The Morgan fingerprint density at radius 2 is 1.73 bits per heavy atom. The van der Waals surface area contributed by atoms with Crippen LogP contribution in [-0.2, 0) is 7.05 Å². The van der Waals surface area contributed by atoms with Crippen molar-refractivity contribution in [2.24, 2.45) is 7.05 Å². The highest BCUT2D eigenvalue weighted by molar-refractivity contribution is 5.94. The molecule has 2 heterocycles. The summed E-state index contributed by atoms with van der Waals surface area (Å²) in [6, 6.07) is 2.21. The summed E-state index contributed by atoms with van der Waals surface area (Å²) in [7, 11) is 1.90. The van der Waals surface area contributed by atoms with Gasteiger partial charge in [0.05, 0.1) is 5.56 Å². The Morgan fingerprint density at radius 1 is 1.09 bits per heavy atom. The first-order valence-corrected chi connectivity index (χ1v) is 8.10. The van der Waals surface area contributed by atoms with Crippen molar-refractivity contribution in [2.45, 2.75) is 31.7 Å². The molecule has 22 heavy (non-hydrogen) atoms. The number of nitrogens with one attached hydrogen (secondary N) is 1. The van der Waals surface area contributed by atoms with Crippen molar-refractivity contribution in [2.75, 3.05) is 26.2 Å². The van der Waals surface area contributed by atoms with Crippen LogP contribution in [0.25, 0.3) is 0 Å². The maximum atomic E-state index is 12.4. The van der Waals surface area contributed by atoms with Crippen LogP contribution in [-0.4, -0.2) is 58.5 Å². The van der Waals surface area contributed by atoms with Crippen molar-refractivity contribution in [3.8, 4) is 0 Å². The number of hydrogen-bond acceptors (Lipinski definition) is 2. The molecule has 6 heteroatoms. The van der Waals surface area contributed by atoms with Crippen molar-refractivity contribution >= 4 is 11.9 Å². The van der Waals surface area contributed by atoms with E-state index >= 15 is 0 Å². The predicted molar refractivity (Wildman–Crippen MR) is 83.7 cm³/mol. The molecule has 3 amide bonds. The van der Waals surface area contributed by atoms with Crippen LogP contribution >= 0.6 is 0 Å². The van der Waals surface area contributed by atoms with E-state index in [9.17, 15) is 9.59 Å². The molecule has 2 aliphatic rings. The van der Waals surface area contributed by atoms with Crippen molar-refractivity contribution < 1.29 is 9.59 Å². The molecule has 0 atom stereocenters. The molecular formula is C16H24N4O2. The Labute approximate surface area is 131 Å². The van der Waals surface area contributed by atoms with Gasteiger partial charge in [-0.15, -0.1) is 0 Å². The summed E-state index contributed by atoms with van der Waals surface area (Å²) in [5.74, 6) is 0.0523. The van der Waals surface area contributed by atoms with E-state index in [1.54, 1.807) is 0 Å². The van der Waals surface area contributed by atoms with Crippen molar-refractivity contribution in [1.82, 2.24) is 19.7 Å². The summed E-state index contributed by atoms with van der Waals surface area (Å²) in [4.78, 5) is 28.2. The molecule has 0 spiro atoms. The van der Waals surface area contributed by atoms with Crippen LogP contribution < -0.4 is 5.32 Å². The Morgan fingerprint density at radius 3 is 2.32 bits per heavy atom. The van der Waals surface area contributed by atoms with E-state index in [1.165, 1.54) is 12.8 Å². The smallest absolute Gasteiger partial charge is 0.317 e. The van der Waals surface area contributed by atoms with Gasteiger partial charge in [-0.25, -0.2) is 4.79 Å². The van der Waals surface area contributed by atoms with Gasteiger partial charge in [-0.1, -0.05) is 12.8 Å². The zero-order chi connectivity index (χ0) is 15.5. The molecule has 0 bridgehead atoms. The average molecular weight is 304 g/mol. The quantitative estimate of drug-likeness (QED) is 0.899. The van der Waals surface area contributed by atoms with Gasteiger partial charge in [0, 0.05) is 51.7 Å². The van der Waals surface area contributed by atoms with E-state index in [-0.39, 0.29) is 11.9 Å². The van der Waals surface area contributed by atoms with Gasteiger partial charge in [-0.3, -0.25) is 4.79 Å². The van der Waals surface area contributed by atoms with Crippen LogP contribution in [0.3, 0.4) is 0 Å². The van der Waals surface area contributed by atoms with Crippen LogP contribution in [0.1, 0.15) is 36.0 Å². The molecule has 1 N–H and O–H groups in total. The number of carbonyl (C=O) groups excluding carboxylic acids is 2. The lowest BCUT2D eigenvalue weighted by Gasteiger charge is -2.35. The molecule has 1 aliphatic heterocycles. The normalized spacial score (nSPS) is 19.5. The Balaban J connectivity index is 1.49. The molecule has 120 valence electrons. The van der Waals surface area contributed by atoms with Crippen LogP contribution in [0, 0.1) is 0 Å². The van der Waals surface area contributed by atoms with Crippen molar-refractivity contribution in [1.29, 1.82) is 0 Å². The van der Waals surface area contributed by atoms with Gasteiger partial charge in [0.1, 0.15) is 0 Å². The van der Waals surface area contributed by atoms with Gasteiger partial charge in [0.25, 0.3) is 5.91 Å². The molecular weight excluding hydrogens is 280 g/mol. The molecule has 2 fully saturated rings. The number of amides is 3. The summed E-state index contributed by atoms with van der Waals surface area (Å²) in [5.41, 5.74) is 0.714. The third-order valence-electron chi connectivity index (χ3n) is 4.62. The first-order valence-electron chi connectivity index (χ1n) is 8.10. The fourth-order valence-corrected chi connectivity index (χ4v) is 3.26. The van der Waals surface area contributed by atoms with Crippen LogP contribution in [0.2, 0.25) is 0 Å². The summed E-state index contributed by atoms with van der Waals surface area (Å²) >= 11 is 0. The number of rotatable bonds is 2. The molecule has 6 nitrogen and oxygen atoms in total. The largest absolute Gasteiger partial charge is 0.356 e. The van der Waals surface area contributed by atoms with E-state index in [1.807, 2.05) is 39.9 Å². The molecule has 0 aromatic carbocycles. The second-order valence-corrected chi connectivity index (χ2v) is 6.28. The number of piperazine rings is 1. The fraction of sp³-hybridized carbons (Fsp3) is 0.625. The van der Waals surface area contributed by atoms with E-state index in [0.717, 1.165) is 12.8 Å². The van der Waals surface area contributed by atoms with Gasteiger partial charge in [0.15, 0.2) is 0 Å². The molecule has 0 radical (unpaired) electrons. The lowest BCUT2D eigenvalue weighted by Crippen LogP contribution is -2.54. The lowest BCUT2D eigenvalue weighted by atomic mass is 10.2. The maximum Gasteiger partial charge on any atom is 0.317 e. The zero-order valence-electron chi connectivity index (χ0n) is 13.1. The summed E-state index contributed by atoms with van der Waals surface area (Å²) in [6.07, 6.45) is 8.32. The standard InChI is InChI=1S/C16H24N4O2/c1-18-7-6-13(12-18)15(21)19-8-10-20(11-9-19)16(22)17-14-4-2-3-5-14/h6-7,12,14H,2-5,8-11H2,1H3,(H,17,22). The van der Waals surface area contributed by atoms with Gasteiger partial charge in [-0.05, 0) is 18.9 Å². The number of aromatic nitrogens is 1. The Kier molecular flexibility index (Phi) is 4.36. The Bertz CT molecular complexity index is 540. The molecule has 1 aliphatic carbocycles. The van der Waals surface area contributed by atoms with Gasteiger partial charge >= 0.3 is 6.03 Å². The minimum atomic E-state index is 0.0266. The number of carbonyl (C=O) groups is 2. The zero-order valence-corrected chi connectivity index (χ0v) is 13.1. The van der Waals surface area contributed by atoms with Crippen LogP contribution in [0.15, 0.2) is 18.5 Å². The average Bonchev–Trinajstić information content (AvgIpc) is 3.18. The number of aryl methyl sites for hydroxylation is 1. The van der Waals surface area contributed by atoms with Crippen LogP contribution in [0.5, 0.6) is 0 Å². The summed E-state index contributed by atoms with van der Waals surface area (Å²) < 4.78 is 1.87. The van der Waals surface area contributed by atoms with E-state index in [2.05, 4.69) is 5.32 Å². The molecule has 1 saturated carbocycles. The number of nitrogens with zero attached hydrogens (tertiary/aromatic N) is 3. The first-order chi connectivity index (χ1) is 10.6. The highest BCUT2D eigenvalue weighted by atomic mass is 16.2. The third-order valence-corrected chi connectivity index (χ3v) is 4.62. The SMILES string of the molecule is Cn1ccc(C(=O)N2CCN(C(=O)NC3CCCC3)CC2)c1. The van der Waals surface area contributed by atoms with Gasteiger partial charge in [0.2, 0.25) is 0 Å². The summed E-state index contributed by atoms with van der Waals surface area (Å²) in [5, 5.41) is 3.11. The molecule has 1 aromatic rings. The van der Waals surface area contributed by atoms with Crippen LogP contribution in [0.4, 0.5) is 4.79 Å². The maximum absolute atomic E-state index is 12.4. The molecule has 0 unspecified atom stereocenters. The Hall–Kier alpha value is -1.98. The second-order valence-electron chi connectivity index (χ2n) is 6.28. The first kappa shape index (κ1) is 14.9. The number of urea groups is 1. The van der Waals surface area contributed by atoms with E-state index in [4.69, 9.17) is 0 Å². The molecule has 3 rings (SSSR count). The predicted octanol–water partition coefficient (Wildman–Crippen LogP) is 1.44. The number of hydrogen-bond donors (Lipinski definition) is 1. The fourth-order valence-electron chi connectivity index (χ4n) is 3.26. The highest BCUT2D eigenvalue weighted by Gasteiger charge is 2.26. The van der Waals surface area contributed by atoms with E-state index < -0.39 is 0 Å². The van der Waals surface area contributed by atoms with Gasteiger partial charge < -0.3 is 19.7 Å². The van der Waals surface area contributed by atoms with Crippen molar-refractivity contribution in [3.63, 3.8) is 0 Å². The monoisotopic (exact) mass is 304 g/mol. The third kappa shape index (κ3) is 3.26. The van der Waals surface area contributed by atoms with E-state index in [0.29, 0.717) is 37.8 Å². The van der Waals surface area contributed by atoms with Crippen molar-refractivity contribution in [3.05, 3.63) is 24.0 Å². The topological polar surface area (TPSA) is 57.6 Å².